The van der Waals surface area contributed by atoms with Crippen LogP contribution in [-0.2, 0) is 0 Å². The highest BCUT2D eigenvalue weighted by atomic mass is 16.3. The second-order valence-corrected chi connectivity index (χ2v) is 10.8. The number of nitrogens with zero attached hydrogens (tertiary/aromatic N) is 3. The predicted octanol–water partition coefficient (Wildman–Crippen LogP) is 10.2. The van der Waals surface area contributed by atoms with Crippen molar-refractivity contribution in [3.63, 3.8) is 0 Å². The molecule has 0 saturated carbocycles. The Labute approximate surface area is 246 Å². The Bertz CT molecular complexity index is 2510. The van der Waals surface area contributed by atoms with Gasteiger partial charge in [0.1, 0.15) is 11.2 Å². The third kappa shape index (κ3) is 3.81. The quantitative estimate of drug-likeness (QED) is 0.206. The minimum Gasteiger partial charge on any atom is -0.456 e. The van der Waals surface area contributed by atoms with Gasteiger partial charge in [0.25, 0.3) is 0 Å². The Morgan fingerprint density at radius 3 is 1.93 bits per heavy atom. The van der Waals surface area contributed by atoms with Crippen LogP contribution in [0.2, 0.25) is 0 Å². The normalized spacial score (nSPS) is 11.7. The average Bonchev–Trinajstić information content (AvgIpc) is 3.47. The number of aromatic nitrogens is 3. The van der Waals surface area contributed by atoms with Crippen LogP contribution in [0.1, 0.15) is 0 Å². The summed E-state index contributed by atoms with van der Waals surface area (Å²) in [5, 5.41) is 9.14. The van der Waals surface area contributed by atoms with Crippen molar-refractivity contribution in [2.75, 3.05) is 0 Å². The lowest BCUT2D eigenvalue weighted by Crippen LogP contribution is -2.00. The molecule has 4 nitrogen and oxygen atoms in total. The zero-order valence-corrected chi connectivity index (χ0v) is 23.0. The van der Waals surface area contributed by atoms with Crippen LogP contribution in [0.5, 0.6) is 0 Å². The van der Waals surface area contributed by atoms with E-state index in [4.69, 9.17) is 19.4 Å². The molecule has 0 aliphatic rings. The maximum atomic E-state index is 6.26. The van der Waals surface area contributed by atoms with Gasteiger partial charge in [-0.25, -0.2) is 15.0 Å². The Kier molecular flexibility index (Phi) is 5.16. The van der Waals surface area contributed by atoms with Gasteiger partial charge in [-0.1, -0.05) is 121 Å². The summed E-state index contributed by atoms with van der Waals surface area (Å²) in [6, 6.07) is 48.1. The first kappa shape index (κ1) is 23.8. The van der Waals surface area contributed by atoms with Crippen molar-refractivity contribution in [1.82, 2.24) is 15.0 Å². The summed E-state index contributed by atoms with van der Waals surface area (Å²) < 4.78 is 6.26. The number of benzene rings is 7. The molecule has 0 aliphatic carbocycles. The number of para-hydroxylation sites is 1. The van der Waals surface area contributed by atoms with Crippen molar-refractivity contribution in [3.05, 3.63) is 140 Å². The highest BCUT2D eigenvalue weighted by molar-refractivity contribution is 6.26. The lowest BCUT2D eigenvalue weighted by molar-refractivity contribution is 0.669. The van der Waals surface area contributed by atoms with Gasteiger partial charge in [-0.05, 0) is 45.1 Å². The average molecular weight is 550 g/mol. The van der Waals surface area contributed by atoms with E-state index in [9.17, 15) is 0 Å². The molecular weight excluding hydrogens is 526 g/mol. The van der Waals surface area contributed by atoms with Crippen LogP contribution in [0, 0.1) is 0 Å². The van der Waals surface area contributed by atoms with E-state index >= 15 is 0 Å². The summed E-state index contributed by atoms with van der Waals surface area (Å²) in [7, 11) is 0. The van der Waals surface area contributed by atoms with Crippen molar-refractivity contribution in [3.8, 4) is 34.2 Å². The fourth-order valence-electron chi connectivity index (χ4n) is 6.26. The minimum atomic E-state index is 0.639. The van der Waals surface area contributed by atoms with E-state index in [1.165, 1.54) is 10.8 Å². The van der Waals surface area contributed by atoms with E-state index in [2.05, 4.69) is 97.1 Å². The molecule has 200 valence electrons. The van der Waals surface area contributed by atoms with Crippen molar-refractivity contribution >= 4 is 54.3 Å². The van der Waals surface area contributed by atoms with Gasteiger partial charge < -0.3 is 4.42 Å². The molecule has 0 spiro atoms. The summed E-state index contributed by atoms with van der Waals surface area (Å²) >= 11 is 0. The fourth-order valence-corrected chi connectivity index (χ4v) is 6.26. The molecule has 0 aliphatic heterocycles. The zero-order valence-electron chi connectivity index (χ0n) is 23.0. The van der Waals surface area contributed by atoms with E-state index in [-0.39, 0.29) is 0 Å². The van der Waals surface area contributed by atoms with E-state index in [1.54, 1.807) is 0 Å². The zero-order chi connectivity index (χ0) is 28.3. The molecule has 0 fully saturated rings. The smallest absolute Gasteiger partial charge is 0.164 e. The minimum absolute atomic E-state index is 0.639. The van der Waals surface area contributed by atoms with Gasteiger partial charge in [0.2, 0.25) is 0 Å². The molecule has 43 heavy (non-hydrogen) atoms. The maximum Gasteiger partial charge on any atom is 0.164 e. The van der Waals surface area contributed by atoms with E-state index in [0.717, 1.165) is 60.2 Å². The first-order valence-corrected chi connectivity index (χ1v) is 14.4. The molecule has 7 aromatic carbocycles. The Morgan fingerprint density at radius 1 is 0.372 bits per heavy atom. The van der Waals surface area contributed by atoms with Crippen LogP contribution in [0.15, 0.2) is 144 Å². The van der Waals surface area contributed by atoms with Crippen LogP contribution in [0.25, 0.3) is 88.4 Å². The molecule has 0 amide bonds. The number of furan rings is 1. The van der Waals surface area contributed by atoms with Gasteiger partial charge in [0.15, 0.2) is 17.5 Å². The van der Waals surface area contributed by atoms with Gasteiger partial charge in [0, 0.05) is 32.8 Å². The van der Waals surface area contributed by atoms with Crippen molar-refractivity contribution < 1.29 is 4.42 Å². The number of hydrogen-bond donors (Lipinski definition) is 0. The fraction of sp³-hybridized carbons (Fsp3) is 0. The largest absolute Gasteiger partial charge is 0.456 e. The molecule has 2 heterocycles. The van der Waals surface area contributed by atoms with E-state index < -0.39 is 0 Å². The molecule has 9 rings (SSSR count). The molecule has 2 aromatic heterocycles. The van der Waals surface area contributed by atoms with Gasteiger partial charge in [-0.3, -0.25) is 0 Å². The van der Waals surface area contributed by atoms with E-state index in [0.29, 0.717) is 17.5 Å². The molecule has 0 saturated heterocycles. The van der Waals surface area contributed by atoms with Crippen LogP contribution < -0.4 is 0 Å². The molecule has 0 radical (unpaired) electrons. The molecular formula is C39H23N3O. The monoisotopic (exact) mass is 549 g/mol. The van der Waals surface area contributed by atoms with Crippen LogP contribution in [0.4, 0.5) is 0 Å². The second-order valence-electron chi connectivity index (χ2n) is 10.8. The van der Waals surface area contributed by atoms with Crippen molar-refractivity contribution in [2.24, 2.45) is 0 Å². The first-order valence-electron chi connectivity index (χ1n) is 14.4. The lowest BCUT2D eigenvalue weighted by atomic mass is 9.96. The standard InChI is InChI=1S/C39H23N3O/c1-2-10-27(11-3-1)37-40-38(42-39(41-37)30-15-8-12-24-9-4-5-13-29(24)30)28-20-18-25-17-19-26-21-22-34-36(35(26)32(25)23-28)31-14-6-7-16-33(31)43-34/h1-23H. The third-order valence-corrected chi connectivity index (χ3v) is 8.30. The van der Waals surface area contributed by atoms with Gasteiger partial charge in [0.05, 0.1) is 0 Å². The van der Waals surface area contributed by atoms with Crippen molar-refractivity contribution in [2.45, 2.75) is 0 Å². The molecule has 4 heteroatoms. The predicted molar refractivity (Wildman–Crippen MR) is 176 cm³/mol. The lowest BCUT2D eigenvalue weighted by Gasteiger charge is -2.11. The molecule has 0 bridgehead atoms. The first-order chi connectivity index (χ1) is 21.3. The summed E-state index contributed by atoms with van der Waals surface area (Å²) in [4.78, 5) is 15.1. The summed E-state index contributed by atoms with van der Waals surface area (Å²) in [5.41, 5.74) is 4.65. The third-order valence-electron chi connectivity index (χ3n) is 8.30. The Morgan fingerprint density at radius 2 is 1.02 bits per heavy atom. The van der Waals surface area contributed by atoms with E-state index in [1.807, 2.05) is 42.5 Å². The van der Waals surface area contributed by atoms with Crippen LogP contribution in [-0.4, -0.2) is 15.0 Å². The summed E-state index contributed by atoms with van der Waals surface area (Å²) in [5.74, 6) is 1.94. The maximum absolute atomic E-state index is 6.26. The topological polar surface area (TPSA) is 51.8 Å². The SMILES string of the molecule is c1ccc(-c2nc(-c3ccc4ccc5ccc6oc7ccccc7c6c5c4c3)nc(-c3cccc4ccccc34)n2)cc1. The van der Waals surface area contributed by atoms with Gasteiger partial charge in [-0.15, -0.1) is 0 Å². The second kappa shape index (κ2) is 9.33. The van der Waals surface area contributed by atoms with Gasteiger partial charge >= 0.3 is 0 Å². The van der Waals surface area contributed by atoms with Crippen LogP contribution >= 0.6 is 0 Å². The Hall–Kier alpha value is -5.87. The Balaban J connectivity index is 1.33. The highest BCUT2D eigenvalue weighted by Crippen LogP contribution is 2.39. The number of hydrogen-bond acceptors (Lipinski definition) is 4. The van der Waals surface area contributed by atoms with Crippen molar-refractivity contribution in [1.29, 1.82) is 0 Å². The van der Waals surface area contributed by atoms with Crippen LogP contribution in [0.3, 0.4) is 0 Å². The summed E-state index contributed by atoms with van der Waals surface area (Å²) in [6.45, 7) is 0. The molecule has 0 atom stereocenters. The number of rotatable bonds is 3. The summed E-state index contributed by atoms with van der Waals surface area (Å²) in [6.07, 6.45) is 0. The molecule has 0 N–H and O–H groups in total. The number of fused-ring (bicyclic) bond motifs is 8. The van der Waals surface area contributed by atoms with Gasteiger partial charge in [-0.2, -0.15) is 0 Å². The molecule has 0 unspecified atom stereocenters. The molecule has 9 aromatic rings. The highest BCUT2D eigenvalue weighted by Gasteiger charge is 2.17.